The van der Waals surface area contributed by atoms with E-state index in [0.29, 0.717) is 0 Å². The van der Waals surface area contributed by atoms with Crippen LogP contribution in [0.4, 0.5) is 4.79 Å². The van der Waals surface area contributed by atoms with E-state index >= 15 is 0 Å². The lowest BCUT2D eigenvalue weighted by Gasteiger charge is -2.33. The Kier molecular flexibility index (Phi) is 4.22. The molecular formula is C20H16N2O7. The Morgan fingerprint density at radius 2 is 1.41 bits per heavy atom. The second kappa shape index (κ2) is 6.62. The summed E-state index contributed by atoms with van der Waals surface area (Å²) < 4.78 is 0. The maximum absolute atomic E-state index is 12.9. The monoisotopic (exact) mass is 396 g/mol. The normalized spacial score (nSPS) is 15.7. The zero-order valence-corrected chi connectivity index (χ0v) is 15.1. The maximum Gasteiger partial charge on any atom is 0.407 e. The Morgan fingerprint density at radius 1 is 0.793 bits per heavy atom. The topological polar surface area (TPSA) is 135 Å². The average molecular weight is 396 g/mol. The highest BCUT2D eigenvalue weighted by Crippen LogP contribution is 2.37. The fourth-order valence-electron chi connectivity index (χ4n) is 3.69. The van der Waals surface area contributed by atoms with Gasteiger partial charge in [-0.1, -0.05) is 12.1 Å². The van der Waals surface area contributed by atoms with Crippen LogP contribution in [0.25, 0.3) is 0 Å². The summed E-state index contributed by atoms with van der Waals surface area (Å²) in [6, 6.07) is 6.48. The number of hydrogen-bond acceptors (Lipinski definition) is 6. The van der Waals surface area contributed by atoms with Gasteiger partial charge in [0.25, 0.3) is 5.91 Å². The van der Waals surface area contributed by atoms with Crippen molar-refractivity contribution in [1.29, 1.82) is 0 Å². The summed E-state index contributed by atoms with van der Waals surface area (Å²) in [6.07, 6.45) is -1.06. The van der Waals surface area contributed by atoms with Gasteiger partial charge < -0.3 is 25.1 Å². The van der Waals surface area contributed by atoms with Gasteiger partial charge in [-0.2, -0.15) is 0 Å². The second-order valence-electron chi connectivity index (χ2n) is 6.84. The van der Waals surface area contributed by atoms with Crippen molar-refractivity contribution in [3.8, 4) is 11.5 Å². The van der Waals surface area contributed by atoms with Crippen molar-refractivity contribution in [3.63, 3.8) is 0 Å². The predicted octanol–water partition coefficient (Wildman–Crippen LogP) is 1.31. The number of amides is 2. The molecule has 9 heteroatoms. The van der Waals surface area contributed by atoms with Gasteiger partial charge in [0.15, 0.2) is 5.78 Å². The molecule has 9 nitrogen and oxygen atoms in total. The molecule has 2 amide bonds. The van der Waals surface area contributed by atoms with Crippen molar-refractivity contribution in [2.45, 2.75) is 0 Å². The molecule has 1 saturated heterocycles. The molecule has 4 rings (SSSR count). The van der Waals surface area contributed by atoms with Crippen LogP contribution < -0.4 is 0 Å². The summed E-state index contributed by atoms with van der Waals surface area (Å²) in [5.41, 5.74) is -0.516. The van der Waals surface area contributed by atoms with Crippen LogP contribution in [-0.2, 0) is 0 Å². The summed E-state index contributed by atoms with van der Waals surface area (Å²) >= 11 is 0. The summed E-state index contributed by atoms with van der Waals surface area (Å²) in [5.74, 6) is -2.63. The molecule has 29 heavy (non-hydrogen) atoms. The van der Waals surface area contributed by atoms with Gasteiger partial charge in [0, 0.05) is 42.9 Å². The number of hydrogen-bond donors (Lipinski definition) is 3. The first-order valence-electron chi connectivity index (χ1n) is 8.85. The van der Waals surface area contributed by atoms with Gasteiger partial charge in [0.1, 0.15) is 11.5 Å². The van der Waals surface area contributed by atoms with E-state index in [-0.39, 0.29) is 59.7 Å². The van der Waals surface area contributed by atoms with Crippen molar-refractivity contribution in [3.05, 3.63) is 58.1 Å². The molecule has 1 aliphatic carbocycles. The molecule has 0 saturated carbocycles. The third-order valence-electron chi connectivity index (χ3n) is 5.19. The highest BCUT2D eigenvalue weighted by atomic mass is 16.4. The Hall–Kier alpha value is -3.88. The van der Waals surface area contributed by atoms with E-state index in [9.17, 15) is 29.4 Å². The van der Waals surface area contributed by atoms with Gasteiger partial charge in [-0.3, -0.25) is 14.4 Å². The van der Waals surface area contributed by atoms with Crippen molar-refractivity contribution >= 4 is 23.6 Å². The van der Waals surface area contributed by atoms with E-state index in [1.54, 1.807) is 0 Å². The summed E-state index contributed by atoms with van der Waals surface area (Å²) in [6.45, 7) is 0.656. The van der Waals surface area contributed by atoms with Gasteiger partial charge in [-0.25, -0.2) is 4.79 Å². The fourth-order valence-corrected chi connectivity index (χ4v) is 3.69. The first-order valence-corrected chi connectivity index (χ1v) is 8.85. The third-order valence-corrected chi connectivity index (χ3v) is 5.19. The zero-order valence-electron chi connectivity index (χ0n) is 15.1. The number of carbonyl (C=O) groups excluding carboxylic acids is 3. The van der Waals surface area contributed by atoms with E-state index in [2.05, 4.69) is 0 Å². The van der Waals surface area contributed by atoms with Crippen molar-refractivity contribution in [1.82, 2.24) is 9.80 Å². The molecule has 1 fully saturated rings. The van der Waals surface area contributed by atoms with Crippen LogP contribution in [0.5, 0.6) is 11.5 Å². The van der Waals surface area contributed by atoms with Crippen molar-refractivity contribution in [2.24, 2.45) is 0 Å². The van der Waals surface area contributed by atoms with E-state index in [1.807, 2.05) is 0 Å². The summed E-state index contributed by atoms with van der Waals surface area (Å²) in [5, 5.41) is 29.4. The number of ketones is 2. The molecule has 2 aliphatic rings. The first kappa shape index (κ1) is 18.5. The predicted molar refractivity (Wildman–Crippen MR) is 98.6 cm³/mol. The maximum atomic E-state index is 12.9. The molecule has 2 aromatic carbocycles. The molecule has 0 unspecified atom stereocenters. The van der Waals surface area contributed by atoms with Crippen LogP contribution in [0.3, 0.4) is 0 Å². The number of phenolic OH excluding ortho intramolecular Hbond substituents is 2. The Labute approximate surface area is 164 Å². The van der Waals surface area contributed by atoms with Crippen LogP contribution in [0.2, 0.25) is 0 Å². The lowest BCUT2D eigenvalue weighted by Crippen LogP contribution is -2.50. The molecule has 3 N–H and O–H groups in total. The SMILES string of the molecule is O=C1c2cccc(O)c2C(=O)c2c(O)cc(C(=O)N3CCN(C(=O)O)CC3)cc21. The first-order chi connectivity index (χ1) is 13.8. The fraction of sp³-hybridized carbons (Fsp3) is 0.200. The number of rotatable bonds is 1. The van der Waals surface area contributed by atoms with Crippen LogP contribution in [-0.4, -0.2) is 74.9 Å². The molecule has 0 bridgehead atoms. The van der Waals surface area contributed by atoms with E-state index in [1.165, 1.54) is 34.1 Å². The third kappa shape index (κ3) is 2.87. The lowest BCUT2D eigenvalue weighted by atomic mass is 9.82. The number of phenols is 2. The molecule has 0 atom stereocenters. The van der Waals surface area contributed by atoms with Crippen molar-refractivity contribution in [2.75, 3.05) is 26.2 Å². The minimum Gasteiger partial charge on any atom is -0.507 e. The van der Waals surface area contributed by atoms with Crippen LogP contribution in [0.1, 0.15) is 42.2 Å². The highest BCUT2D eigenvalue weighted by molar-refractivity contribution is 6.30. The molecule has 148 valence electrons. The Morgan fingerprint density at radius 3 is 2.07 bits per heavy atom. The van der Waals surface area contributed by atoms with Crippen LogP contribution >= 0.6 is 0 Å². The molecular weight excluding hydrogens is 380 g/mol. The number of carboxylic acid groups (broad SMARTS) is 1. The number of nitrogens with zero attached hydrogens (tertiary/aromatic N) is 2. The minimum atomic E-state index is -1.06. The van der Waals surface area contributed by atoms with Crippen LogP contribution in [0.15, 0.2) is 30.3 Å². The van der Waals surface area contributed by atoms with Gasteiger partial charge in [-0.15, -0.1) is 0 Å². The highest BCUT2D eigenvalue weighted by Gasteiger charge is 2.35. The summed E-state index contributed by atoms with van der Waals surface area (Å²) in [4.78, 5) is 52.0. The van der Waals surface area contributed by atoms with Gasteiger partial charge in [0.05, 0.1) is 11.1 Å². The molecule has 0 aromatic heterocycles. The number of carbonyl (C=O) groups is 4. The quantitative estimate of drug-likeness (QED) is 0.564. The zero-order chi connectivity index (χ0) is 20.9. The minimum absolute atomic E-state index is 0.00146. The molecule has 2 aromatic rings. The Bertz CT molecular complexity index is 1080. The molecule has 1 heterocycles. The van der Waals surface area contributed by atoms with E-state index < -0.39 is 29.3 Å². The van der Waals surface area contributed by atoms with E-state index in [4.69, 9.17) is 5.11 Å². The standard InChI is InChI=1S/C20H16N2O7/c23-13-3-1-2-11-15(13)18(26)16-12(17(11)25)8-10(9-14(16)24)19(27)21-4-6-22(7-5-21)20(28)29/h1-3,8-9,23-24H,4-7H2,(H,28,29). The smallest absolute Gasteiger partial charge is 0.407 e. The number of piperazine rings is 1. The molecule has 0 spiro atoms. The van der Waals surface area contributed by atoms with E-state index in [0.717, 1.165) is 6.07 Å². The largest absolute Gasteiger partial charge is 0.507 e. The number of aromatic hydroxyl groups is 2. The van der Waals surface area contributed by atoms with Gasteiger partial charge in [-0.05, 0) is 18.2 Å². The second-order valence-corrected chi connectivity index (χ2v) is 6.84. The Balaban J connectivity index is 1.70. The summed E-state index contributed by atoms with van der Waals surface area (Å²) in [7, 11) is 0. The van der Waals surface area contributed by atoms with Crippen LogP contribution in [0, 0.1) is 0 Å². The van der Waals surface area contributed by atoms with Crippen molar-refractivity contribution < 1.29 is 34.5 Å². The molecule has 1 aliphatic heterocycles. The lowest BCUT2D eigenvalue weighted by molar-refractivity contribution is 0.0624. The molecule has 0 radical (unpaired) electrons. The van der Waals surface area contributed by atoms with Gasteiger partial charge >= 0.3 is 6.09 Å². The number of benzene rings is 2. The average Bonchev–Trinajstić information content (AvgIpc) is 2.70. The number of fused-ring (bicyclic) bond motifs is 2. The van der Waals surface area contributed by atoms with Gasteiger partial charge in [0.2, 0.25) is 5.78 Å².